The first-order valence-electron chi connectivity index (χ1n) is 8.05. The van der Waals surface area contributed by atoms with E-state index in [-0.39, 0.29) is 6.10 Å². The lowest BCUT2D eigenvalue weighted by atomic mass is 9.80. The van der Waals surface area contributed by atoms with Gasteiger partial charge in [-0.2, -0.15) is 0 Å². The molecule has 1 atom stereocenters. The fraction of sp³-hybridized carbons (Fsp3) is 0.750. The maximum Gasteiger partial charge on any atom is 0.157 e. The molecule has 1 unspecified atom stereocenters. The molecule has 3 rings (SSSR count). The molecule has 0 amide bonds. The summed E-state index contributed by atoms with van der Waals surface area (Å²) in [6, 6.07) is 0. The van der Waals surface area contributed by atoms with Crippen molar-refractivity contribution in [3.05, 3.63) is 22.8 Å². The van der Waals surface area contributed by atoms with Gasteiger partial charge in [0, 0.05) is 37.6 Å². The van der Waals surface area contributed by atoms with Crippen LogP contribution in [-0.4, -0.2) is 23.1 Å². The maximum atomic E-state index is 5.81. The summed E-state index contributed by atoms with van der Waals surface area (Å²) >= 11 is 0. The first-order chi connectivity index (χ1) is 9.83. The highest BCUT2D eigenvalue weighted by molar-refractivity contribution is 5.32. The van der Waals surface area contributed by atoms with Gasteiger partial charge < -0.3 is 10.1 Å². The van der Waals surface area contributed by atoms with Crippen molar-refractivity contribution in [1.82, 2.24) is 15.3 Å². The molecule has 1 saturated carbocycles. The summed E-state index contributed by atoms with van der Waals surface area (Å²) in [4.78, 5) is 9.75. The molecule has 0 bridgehead atoms. The lowest BCUT2D eigenvalue weighted by Crippen LogP contribution is -2.29. The van der Waals surface area contributed by atoms with Gasteiger partial charge in [0.15, 0.2) is 5.82 Å². The summed E-state index contributed by atoms with van der Waals surface area (Å²) in [5, 5.41) is 3.46. The molecule has 2 aliphatic rings. The maximum absolute atomic E-state index is 5.81. The zero-order valence-electron chi connectivity index (χ0n) is 12.6. The number of rotatable bonds is 5. The highest BCUT2D eigenvalue weighted by Crippen LogP contribution is 2.38. The number of fused-ring (bicyclic) bond motifs is 1. The lowest BCUT2D eigenvalue weighted by Gasteiger charge is -2.30. The smallest absolute Gasteiger partial charge is 0.157 e. The van der Waals surface area contributed by atoms with E-state index in [9.17, 15) is 0 Å². The minimum atomic E-state index is 0.0546. The number of nitrogens with one attached hydrogen (secondary N) is 1. The largest absolute Gasteiger partial charge is 0.371 e. The standard InChI is InChI=1S/C16H25N3O/c1-3-14(20-4-2)16-18-13-8-9-17-10-12(13)15(19-16)11-6-5-7-11/h11,14,17H,3-10H2,1-2H3. The van der Waals surface area contributed by atoms with Crippen molar-refractivity contribution in [2.24, 2.45) is 0 Å². The predicted octanol–water partition coefficient (Wildman–Crippen LogP) is 2.88. The normalized spacial score (nSPS) is 20.3. The van der Waals surface area contributed by atoms with Crippen molar-refractivity contribution in [2.75, 3.05) is 13.2 Å². The van der Waals surface area contributed by atoms with Gasteiger partial charge in [-0.3, -0.25) is 0 Å². The van der Waals surface area contributed by atoms with Gasteiger partial charge >= 0.3 is 0 Å². The summed E-state index contributed by atoms with van der Waals surface area (Å²) in [6.07, 6.45) is 5.93. The van der Waals surface area contributed by atoms with Gasteiger partial charge in [-0.25, -0.2) is 9.97 Å². The van der Waals surface area contributed by atoms with E-state index < -0.39 is 0 Å². The zero-order valence-corrected chi connectivity index (χ0v) is 12.6. The van der Waals surface area contributed by atoms with E-state index in [2.05, 4.69) is 12.2 Å². The summed E-state index contributed by atoms with van der Waals surface area (Å²) in [5.74, 6) is 1.57. The SMILES string of the molecule is CCOC(CC)c1nc2c(c(C3CCC3)n1)CNCC2. The van der Waals surface area contributed by atoms with Crippen molar-refractivity contribution in [2.45, 2.75) is 64.5 Å². The van der Waals surface area contributed by atoms with Crippen molar-refractivity contribution in [3.63, 3.8) is 0 Å². The van der Waals surface area contributed by atoms with Gasteiger partial charge in [-0.05, 0) is 26.2 Å². The summed E-state index contributed by atoms with van der Waals surface area (Å²) in [7, 11) is 0. The second kappa shape index (κ2) is 6.19. The van der Waals surface area contributed by atoms with Crippen LogP contribution in [0.15, 0.2) is 0 Å². The molecule has 2 heterocycles. The van der Waals surface area contributed by atoms with Crippen LogP contribution in [0.1, 0.15) is 74.3 Å². The van der Waals surface area contributed by atoms with Crippen molar-refractivity contribution < 1.29 is 4.74 Å². The molecular formula is C16H25N3O. The highest BCUT2D eigenvalue weighted by Gasteiger charge is 2.28. The third-order valence-electron chi connectivity index (χ3n) is 4.50. The van der Waals surface area contributed by atoms with Crippen molar-refractivity contribution in [3.8, 4) is 0 Å². The minimum absolute atomic E-state index is 0.0546. The van der Waals surface area contributed by atoms with Crippen LogP contribution in [0.4, 0.5) is 0 Å². The van der Waals surface area contributed by atoms with Gasteiger partial charge in [0.25, 0.3) is 0 Å². The van der Waals surface area contributed by atoms with Crippen LogP contribution >= 0.6 is 0 Å². The Morgan fingerprint density at radius 2 is 2.15 bits per heavy atom. The van der Waals surface area contributed by atoms with E-state index in [0.717, 1.165) is 38.4 Å². The molecule has 1 aromatic rings. The van der Waals surface area contributed by atoms with Crippen LogP contribution < -0.4 is 5.32 Å². The second-order valence-corrected chi connectivity index (χ2v) is 5.80. The van der Waals surface area contributed by atoms with Gasteiger partial charge in [0.2, 0.25) is 0 Å². The average Bonchev–Trinajstić information content (AvgIpc) is 2.42. The Morgan fingerprint density at radius 3 is 2.80 bits per heavy atom. The summed E-state index contributed by atoms with van der Waals surface area (Å²) in [5.41, 5.74) is 3.94. The molecular weight excluding hydrogens is 250 g/mol. The Morgan fingerprint density at radius 1 is 1.30 bits per heavy atom. The van der Waals surface area contributed by atoms with E-state index in [1.165, 1.54) is 36.2 Å². The molecule has 20 heavy (non-hydrogen) atoms. The monoisotopic (exact) mass is 275 g/mol. The molecule has 1 aliphatic heterocycles. The summed E-state index contributed by atoms with van der Waals surface area (Å²) < 4.78 is 5.81. The fourth-order valence-corrected chi connectivity index (χ4v) is 3.13. The topological polar surface area (TPSA) is 47.0 Å². The molecule has 4 heteroatoms. The third-order valence-corrected chi connectivity index (χ3v) is 4.50. The molecule has 1 N–H and O–H groups in total. The van der Waals surface area contributed by atoms with Gasteiger partial charge in [0.1, 0.15) is 6.10 Å². The fourth-order valence-electron chi connectivity index (χ4n) is 3.13. The summed E-state index contributed by atoms with van der Waals surface area (Å²) in [6.45, 7) is 6.87. The number of ether oxygens (including phenoxy) is 1. The van der Waals surface area contributed by atoms with Gasteiger partial charge in [0.05, 0.1) is 11.4 Å². The average molecular weight is 275 g/mol. The van der Waals surface area contributed by atoms with Crippen LogP contribution in [0.2, 0.25) is 0 Å². The molecule has 0 aromatic carbocycles. The lowest BCUT2D eigenvalue weighted by molar-refractivity contribution is 0.0529. The number of aromatic nitrogens is 2. The Labute approximate surface area is 121 Å². The van der Waals surface area contributed by atoms with E-state index in [1.54, 1.807) is 0 Å². The first-order valence-corrected chi connectivity index (χ1v) is 8.05. The number of hydrogen-bond donors (Lipinski definition) is 1. The Bertz CT molecular complexity index is 471. The van der Waals surface area contributed by atoms with Crippen LogP contribution in [0.25, 0.3) is 0 Å². The van der Waals surface area contributed by atoms with E-state index in [0.29, 0.717) is 5.92 Å². The highest BCUT2D eigenvalue weighted by atomic mass is 16.5. The van der Waals surface area contributed by atoms with Gasteiger partial charge in [-0.15, -0.1) is 0 Å². The van der Waals surface area contributed by atoms with Crippen LogP contribution in [0.3, 0.4) is 0 Å². The molecule has 4 nitrogen and oxygen atoms in total. The Hall–Kier alpha value is -1.00. The van der Waals surface area contributed by atoms with Crippen LogP contribution in [-0.2, 0) is 17.7 Å². The van der Waals surface area contributed by atoms with Crippen LogP contribution in [0.5, 0.6) is 0 Å². The first kappa shape index (κ1) is 14.0. The number of hydrogen-bond acceptors (Lipinski definition) is 4. The molecule has 0 spiro atoms. The van der Waals surface area contributed by atoms with E-state index >= 15 is 0 Å². The van der Waals surface area contributed by atoms with E-state index in [1.807, 2.05) is 6.92 Å². The second-order valence-electron chi connectivity index (χ2n) is 5.80. The Balaban J connectivity index is 1.98. The molecule has 0 saturated heterocycles. The quantitative estimate of drug-likeness (QED) is 0.897. The molecule has 1 aliphatic carbocycles. The number of nitrogens with zero attached hydrogens (tertiary/aromatic N) is 2. The minimum Gasteiger partial charge on any atom is -0.371 e. The van der Waals surface area contributed by atoms with Crippen LogP contribution in [0, 0.1) is 0 Å². The van der Waals surface area contributed by atoms with Crippen molar-refractivity contribution in [1.29, 1.82) is 0 Å². The zero-order chi connectivity index (χ0) is 13.9. The Kier molecular flexibility index (Phi) is 4.32. The molecule has 0 radical (unpaired) electrons. The van der Waals surface area contributed by atoms with E-state index in [4.69, 9.17) is 14.7 Å². The van der Waals surface area contributed by atoms with Crippen molar-refractivity contribution >= 4 is 0 Å². The molecule has 1 aromatic heterocycles. The third kappa shape index (κ3) is 2.59. The van der Waals surface area contributed by atoms with Gasteiger partial charge in [-0.1, -0.05) is 13.3 Å². The molecule has 1 fully saturated rings. The predicted molar refractivity (Wildman–Crippen MR) is 78.7 cm³/mol. The molecule has 110 valence electrons.